The van der Waals surface area contributed by atoms with Gasteiger partial charge in [-0.1, -0.05) is 17.3 Å². The van der Waals surface area contributed by atoms with E-state index in [-0.39, 0.29) is 18.7 Å². The Bertz CT molecular complexity index is 738. The van der Waals surface area contributed by atoms with Crippen LogP contribution in [0.4, 0.5) is 5.69 Å². The summed E-state index contributed by atoms with van der Waals surface area (Å²) >= 11 is 0. The van der Waals surface area contributed by atoms with Crippen molar-refractivity contribution in [1.29, 1.82) is 0 Å². The number of nitro groups is 1. The molecule has 0 amide bonds. The van der Waals surface area contributed by atoms with Crippen molar-refractivity contribution in [1.82, 2.24) is 9.78 Å². The predicted octanol–water partition coefficient (Wildman–Crippen LogP) is 0.406. The van der Waals surface area contributed by atoms with Crippen molar-refractivity contribution in [3.05, 3.63) is 46.1 Å². The van der Waals surface area contributed by atoms with Gasteiger partial charge >= 0.3 is 0 Å². The number of hydrogen-bond donors (Lipinski definition) is 1. The van der Waals surface area contributed by atoms with Crippen LogP contribution in [0.15, 0.2) is 35.6 Å². The Morgan fingerprint density at radius 2 is 2.27 bits per heavy atom. The summed E-state index contributed by atoms with van der Waals surface area (Å²) in [6, 6.07) is 5.80. The maximum Gasteiger partial charge on any atom is 0.270 e. The topological polar surface area (TPSA) is 134 Å². The van der Waals surface area contributed by atoms with Gasteiger partial charge in [0.15, 0.2) is 0 Å². The van der Waals surface area contributed by atoms with Crippen molar-refractivity contribution in [3.8, 4) is 11.3 Å². The molecule has 0 radical (unpaired) electrons. The number of aromatic nitrogens is 2. The first-order valence-electron chi connectivity index (χ1n) is 6.21. The van der Waals surface area contributed by atoms with Crippen LogP contribution in [-0.2, 0) is 11.3 Å². The van der Waals surface area contributed by atoms with E-state index in [9.17, 15) is 20.0 Å². The van der Waals surface area contributed by atoms with E-state index >= 15 is 0 Å². The second-order valence-electron chi connectivity index (χ2n) is 4.37. The van der Waals surface area contributed by atoms with Gasteiger partial charge in [-0.25, -0.2) is 0 Å². The molecule has 0 saturated carbocycles. The van der Waals surface area contributed by atoms with Crippen LogP contribution in [0.2, 0.25) is 0 Å². The number of oxime groups is 1. The van der Waals surface area contributed by atoms with E-state index in [2.05, 4.69) is 10.3 Å². The smallest absolute Gasteiger partial charge is 0.270 e. The van der Waals surface area contributed by atoms with E-state index in [1.807, 2.05) is 0 Å². The van der Waals surface area contributed by atoms with Gasteiger partial charge in [-0.15, -0.1) is 0 Å². The molecule has 0 unspecified atom stereocenters. The molecule has 2 aromatic rings. The first-order valence-corrected chi connectivity index (χ1v) is 6.21. The van der Waals surface area contributed by atoms with Gasteiger partial charge in [-0.2, -0.15) is 5.10 Å². The summed E-state index contributed by atoms with van der Waals surface area (Å²) < 4.78 is 1.35. The summed E-state index contributed by atoms with van der Waals surface area (Å²) in [5, 5.41) is 37.1. The van der Waals surface area contributed by atoms with E-state index in [0.717, 1.165) is 6.21 Å². The molecule has 1 N–H and O–H groups in total. The third kappa shape index (κ3) is 3.45. The average molecular weight is 303 g/mol. The Labute approximate surface area is 124 Å². The highest BCUT2D eigenvalue weighted by molar-refractivity contribution is 5.88. The number of hydrogen-bond acceptors (Lipinski definition) is 7. The molecule has 2 rings (SSSR count). The zero-order chi connectivity index (χ0) is 16.1. The van der Waals surface area contributed by atoms with Gasteiger partial charge in [-0.05, 0) is 0 Å². The molecule has 0 aliphatic carbocycles. The van der Waals surface area contributed by atoms with Gasteiger partial charge in [0, 0.05) is 48.4 Å². The van der Waals surface area contributed by atoms with Crippen molar-refractivity contribution in [2.45, 2.75) is 13.0 Å². The van der Waals surface area contributed by atoms with Crippen LogP contribution < -0.4 is 5.11 Å². The fourth-order valence-corrected chi connectivity index (χ4v) is 1.90. The number of aliphatic carboxylic acids is 1. The maximum atomic E-state index is 10.8. The number of carbonyl (C=O) groups excluding carboxylic acids is 1. The molecule has 1 aromatic carbocycles. The second-order valence-corrected chi connectivity index (χ2v) is 4.37. The first kappa shape index (κ1) is 15.2. The van der Waals surface area contributed by atoms with Crippen LogP contribution in [0, 0.1) is 10.1 Å². The van der Waals surface area contributed by atoms with E-state index < -0.39 is 10.9 Å². The highest BCUT2D eigenvalue weighted by Crippen LogP contribution is 2.25. The zero-order valence-corrected chi connectivity index (χ0v) is 11.2. The number of carbonyl (C=O) groups is 1. The summed E-state index contributed by atoms with van der Waals surface area (Å²) in [6.45, 7) is 0.0729. The number of non-ortho nitro benzene ring substituents is 1. The fourth-order valence-electron chi connectivity index (χ4n) is 1.90. The Kier molecular flexibility index (Phi) is 4.47. The first-order chi connectivity index (χ1) is 10.5. The highest BCUT2D eigenvalue weighted by Gasteiger charge is 2.13. The van der Waals surface area contributed by atoms with Crippen molar-refractivity contribution in [2.75, 3.05) is 0 Å². The molecule has 0 bridgehead atoms. The molecule has 114 valence electrons. The molecular weight excluding hydrogens is 292 g/mol. The maximum absolute atomic E-state index is 10.8. The van der Waals surface area contributed by atoms with E-state index in [1.54, 1.807) is 6.07 Å². The number of benzene rings is 1. The van der Waals surface area contributed by atoms with Crippen LogP contribution in [0.3, 0.4) is 0 Å². The third-order valence-electron chi connectivity index (χ3n) is 2.86. The fraction of sp³-hybridized carbons (Fsp3) is 0.154. The minimum absolute atomic E-state index is 0.0729. The van der Waals surface area contributed by atoms with Crippen LogP contribution >= 0.6 is 0 Å². The lowest BCUT2D eigenvalue weighted by Gasteiger charge is -2.02. The normalized spacial score (nSPS) is 10.9. The lowest BCUT2D eigenvalue weighted by Crippen LogP contribution is -2.23. The molecular formula is C13H11N4O5-. The largest absolute Gasteiger partial charge is 0.550 e. The number of nitro benzene ring substituents is 1. The standard InChI is InChI=1S/C13H12N4O5/c18-12(19)4-5-16-8-10(7-14-20)13(15-16)9-2-1-3-11(6-9)17(21)22/h1-3,6-8,20H,4-5H2,(H,18,19)/p-1/b14-7+. The molecule has 22 heavy (non-hydrogen) atoms. The van der Waals surface area contributed by atoms with Gasteiger partial charge in [0.05, 0.1) is 11.1 Å². The van der Waals surface area contributed by atoms with Crippen molar-refractivity contribution < 1.29 is 20.0 Å². The number of carboxylic acid groups (broad SMARTS) is 1. The van der Waals surface area contributed by atoms with E-state index in [0.29, 0.717) is 16.8 Å². The number of carboxylic acids is 1. The monoisotopic (exact) mass is 303 g/mol. The summed E-state index contributed by atoms with van der Waals surface area (Å²) in [6.07, 6.45) is 2.37. The molecule has 0 aliphatic heterocycles. The Hall–Kier alpha value is -3.23. The average Bonchev–Trinajstić information content (AvgIpc) is 2.89. The molecule has 0 saturated heterocycles. The number of aryl methyl sites for hydroxylation is 1. The van der Waals surface area contributed by atoms with Gasteiger partial charge in [0.25, 0.3) is 5.69 Å². The van der Waals surface area contributed by atoms with Gasteiger partial charge in [0.2, 0.25) is 0 Å². The van der Waals surface area contributed by atoms with Gasteiger partial charge in [-0.3, -0.25) is 14.8 Å². The van der Waals surface area contributed by atoms with Crippen molar-refractivity contribution in [3.63, 3.8) is 0 Å². The minimum atomic E-state index is -1.22. The molecule has 9 nitrogen and oxygen atoms in total. The Morgan fingerprint density at radius 3 is 2.91 bits per heavy atom. The lowest BCUT2D eigenvalue weighted by atomic mass is 10.1. The summed E-state index contributed by atoms with van der Waals surface area (Å²) in [5.41, 5.74) is 1.10. The molecule has 0 spiro atoms. The Balaban J connectivity index is 2.42. The number of rotatable bonds is 6. The van der Waals surface area contributed by atoms with Crippen LogP contribution in [-0.4, -0.2) is 32.1 Å². The van der Waals surface area contributed by atoms with Gasteiger partial charge < -0.3 is 15.1 Å². The summed E-state index contributed by atoms with van der Waals surface area (Å²) in [4.78, 5) is 20.8. The second kappa shape index (κ2) is 6.48. The molecule has 0 atom stereocenters. The quantitative estimate of drug-likeness (QED) is 0.355. The van der Waals surface area contributed by atoms with Gasteiger partial charge in [0.1, 0.15) is 5.69 Å². The van der Waals surface area contributed by atoms with E-state index in [1.165, 1.54) is 29.1 Å². The zero-order valence-electron chi connectivity index (χ0n) is 11.2. The van der Waals surface area contributed by atoms with Crippen LogP contribution in [0.5, 0.6) is 0 Å². The predicted molar refractivity (Wildman–Crippen MR) is 73.3 cm³/mol. The summed E-state index contributed by atoms with van der Waals surface area (Å²) in [5.74, 6) is -1.22. The number of nitrogens with zero attached hydrogens (tertiary/aromatic N) is 4. The lowest BCUT2D eigenvalue weighted by molar-refractivity contribution is -0.384. The molecule has 9 heteroatoms. The van der Waals surface area contributed by atoms with Crippen LogP contribution in [0.1, 0.15) is 12.0 Å². The van der Waals surface area contributed by atoms with Crippen molar-refractivity contribution >= 4 is 17.9 Å². The third-order valence-corrected chi connectivity index (χ3v) is 2.86. The molecule has 0 fully saturated rings. The SMILES string of the molecule is O=C([O-])CCn1cc(/C=N/O)c(-c2cccc([N+](=O)[O-])c2)n1. The van der Waals surface area contributed by atoms with Crippen LogP contribution in [0.25, 0.3) is 11.3 Å². The van der Waals surface area contributed by atoms with E-state index in [4.69, 9.17) is 5.21 Å². The van der Waals surface area contributed by atoms with Crippen molar-refractivity contribution in [2.24, 2.45) is 5.16 Å². The molecule has 1 aromatic heterocycles. The summed E-state index contributed by atoms with van der Waals surface area (Å²) in [7, 11) is 0. The highest BCUT2D eigenvalue weighted by atomic mass is 16.6. The Morgan fingerprint density at radius 1 is 1.50 bits per heavy atom. The molecule has 1 heterocycles. The molecule has 0 aliphatic rings. The minimum Gasteiger partial charge on any atom is -0.550 e.